The van der Waals surface area contributed by atoms with Gasteiger partial charge in [-0.15, -0.1) is 11.8 Å². The smallest absolute Gasteiger partial charge is 0.0622 e. The number of nitriles is 1. The highest BCUT2D eigenvalue weighted by molar-refractivity contribution is 7.99. The highest BCUT2D eigenvalue weighted by Crippen LogP contribution is 2.23. The predicted molar refractivity (Wildman–Crippen MR) is 78.7 cm³/mol. The summed E-state index contributed by atoms with van der Waals surface area (Å²) in [6.07, 6.45) is 2.78. The molecule has 1 unspecified atom stereocenters. The minimum absolute atomic E-state index is 0.407. The molecule has 2 nitrogen and oxygen atoms in total. The van der Waals surface area contributed by atoms with Crippen LogP contribution in [0.1, 0.15) is 44.7 Å². The number of nitrogens with one attached hydrogen (secondary N) is 1. The second kappa shape index (κ2) is 9.02. The zero-order chi connectivity index (χ0) is 13.2. The van der Waals surface area contributed by atoms with Gasteiger partial charge in [0.05, 0.1) is 6.07 Å². The summed E-state index contributed by atoms with van der Waals surface area (Å²) >= 11 is 1.84. The third-order valence-electron chi connectivity index (χ3n) is 2.76. The van der Waals surface area contributed by atoms with Crippen molar-refractivity contribution in [1.29, 1.82) is 5.26 Å². The average molecular weight is 262 g/mol. The molecule has 0 aliphatic heterocycles. The van der Waals surface area contributed by atoms with Crippen LogP contribution in [0.2, 0.25) is 0 Å². The molecule has 0 fully saturated rings. The van der Waals surface area contributed by atoms with Gasteiger partial charge in [0.25, 0.3) is 0 Å². The first-order valence-corrected chi connectivity index (χ1v) is 7.59. The van der Waals surface area contributed by atoms with Crippen LogP contribution in [0.4, 0.5) is 0 Å². The summed E-state index contributed by atoms with van der Waals surface area (Å²) in [5, 5.41) is 12.0. The van der Waals surface area contributed by atoms with Gasteiger partial charge in [-0.05, 0) is 49.8 Å². The lowest BCUT2D eigenvalue weighted by Crippen LogP contribution is -2.19. The topological polar surface area (TPSA) is 35.8 Å². The Morgan fingerprint density at radius 1 is 1.44 bits per heavy atom. The summed E-state index contributed by atoms with van der Waals surface area (Å²) < 4.78 is 0. The van der Waals surface area contributed by atoms with Gasteiger partial charge in [-0.2, -0.15) is 5.26 Å². The summed E-state index contributed by atoms with van der Waals surface area (Å²) in [5.74, 6) is 1.02. The molecule has 1 atom stereocenters. The quantitative estimate of drug-likeness (QED) is 0.565. The fraction of sp³-hybridized carbons (Fsp3) is 0.533. The molecule has 1 N–H and O–H groups in total. The molecule has 0 amide bonds. The van der Waals surface area contributed by atoms with Crippen molar-refractivity contribution in [2.45, 2.75) is 44.0 Å². The summed E-state index contributed by atoms with van der Waals surface area (Å²) in [5.41, 5.74) is 1.34. The Morgan fingerprint density at radius 3 is 3.00 bits per heavy atom. The van der Waals surface area contributed by atoms with Crippen LogP contribution in [-0.4, -0.2) is 12.3 Å². The number of nitrogens with zero attached hydrogens (tertiary/aromatic N) is 1. The molecule has 0 aliphatic carbocycles. The molecule has 0 radical (unpaired) electrons. The van der Waals surface area contributed by atoms with Gasteiger partial charge in [-0.1, -0.05) is 19.1 Å². The summed E-state index contributed by atoms with van der Waals surface area (Å²) in [6, 6.07) is 11.3. The van der Waals surface area contributed by atoms with Crippen LogP contribution in [0, 0.1) is 11.3 Å². The van der Waals surface area contributed by atoms with Crippen molar-refractivity contribution in [2.24, 2.45) is 0 Å². The van der Waals surface area contributed by atoms with Crippen molar-refractivity contribution in [1.82, 2.24) is 5.32 Å². The molecular weight excluding hydrogens is 240 g/mol. The van der Waals surface area contributed by atoms with Gasteiger partial charge >= 0.3 is 0 Å². The molecular formula is C15H22N2S. The summed E-state index contributed by atoms with van der Waals surface area (Å²) in [4.78, 5) is 1.30. The van der Waals surface area contributed by atoms with E-state index in [0.717, 1.165) is 25.1 Å². The van der Waals surface area contributed by atoms with Crippen molar-refractivity contribution in [3.8, 4) is 6.07 Å². The maximum atomic E-state index is 8.50. The first-order chi connectivity index (χ1) is 8.77. The molecule has 0 heterocycles. The van der Waals surface area contributed by atoms with Crippen LogP contribution < -0.4 is 5.32 Å². The normalized spacial score (nSPS) is 12.1. The van der Waals surface area contributed by atoms with E-state index in [4.69, 9.17) is 5.26 Å². The Labute approximate surface area is 115 Å². The average Bonchev–Trinajstić information content (AvgIpc) is 2.41. The fourth-order valence-electron chi connectivity index (χ4n) is 1.69. The van der Waals surface area contributed by atoms with Crippen molar-refractivity contribution < 1.29 is 0 Å². The van der Waals surface area contributed by atoms with E-state index in [1.165, 1.54) is 10.5 Å². The molecule has 0 aromatic heterocycles. The summed E-state index contributed by atoms with van der Waals surface area (Å²) in [6.45, 7) is 5.44. The largest absolute Gasteiger partial charge is 0.310 e. The monoisotopic (exact) mass is 262 g/mol. The van der Waals surface area contributed by atoms with Crippen molar-refractivity contribution in [3.05, 3.63) is 29.8 Å². The Hall–Kier alpha value is -0.980. The van der Waals surface area contributed by atoms with E-state index < -0.39 is 0 Å². The fourth-order valence-corrected chi connectivity index (χ4v) is 2.61. The zero-order valence-electron chi connectivity index (χ0n) is 11.3. The van der Waals surface area contributed by atoms with E-state index in [2.05, 4.69) is 49.5 Å². The molecule has 1 aromatic carbocycles. The molecule has 3 heteroatoms. The van der Waals surface area contributed by atoms with Gasteiger partial charge in [-0.3, -0.25) is 0 Å². The number of unbranched alkanes of at least 4 members (excludes halogenated alkanes) is 1. The van der Waals surface area contributed by atoms with Gasteiger partial charge < -0.3 is 5.32 Å². The minimum atomic E-state index is 0.407. The van der Waals surface area contributed by atoms with Gasteiger partial charge in [0.1, 0.15) is 0 Å². The van der Waals surface area contributed by atoms with Crippen LogP contribution in [-0.2, 0) is 0 Å². The Bertz CT molecular complexity index is 384. The number of hydrogen-bond acceptors (Lipinski definition) is 3. The first-order valence-electron chi connectivity index (χ1n) is 6.61. The highest BCUT2D eigenvalue weighted by Gasteiger charge is 2.04. The standard InChI is InChI=1S/C15H22N2S/c1-3-10-17-13(2)14-7-6-8-15(12-14)18-11-5-4-9-16/h6-8,12-13,17H,3-5,10-11H2,1-2H3. The third-order valence-corrected chi connectivity index (χ3v) is 3.84. The highest BCUT2D eigenvalue weighted by atomic mass is 32.2. The van der Waals surface area contributed by atoms with E-state index in [1.807, 2.05) is 11.8 Å². The van der Waals surface area contributed by atoms with E-state index >= 15 is 0 Å². The van der Waals surface area contributed by atoms with Gasteiger partial charge in [-0.25, -0.2) is 0 Å². The Balaban J connectivity index is 2.48. The number of benzene rings is 1. The van der Waals surface area contributed by atoms with E-state index in [9.17, 15) is 0 Å². The van der Waals surface area contributed by atoms with Crippen LogP contribution in [0.5, 0.6) is 0 Å². The lowest BCUT2D eigenvalue weighted by molar-refractivity contribution is 0.570. The second-order valence-electron chi connectivity index (χ2n) is 4.36. The Kier molecular flexibility index (Phi) is 7.55. The van der Waals surface area contributed by atoms with Crippen LogP contribution in [0.25, 0.3) is 0 Å². The third kappa shape index (κ3) is 5.57. The van der Waals surface area contributed by atoms with Gasteiger partial charge in [0.15, 0.2) is 0 Å². The van der Waals surface area contributed by atoms with E-state index in [1.54, 1.807) is 0 Å². The maximum absolute atomic E-state index is 8.50. The molecule has 98 valence electrons. The Morgan fingerprint density at radius 2 is 2.28 bits per heavy atom. The second-order valence-corrected chi connectivity index (χ2v) is 5.53. The van der Waals surface area contributed by atoms with E-state index in [0.29, 0.717) is 12.5 Å². The minimum Gasteiger partial charge on any atom is -0.310 e. The SMILES string of the molecule is CCCNC(C)c1cccc(SCCCC#N)c1. The van der Waals surface area contributed by atoms with E-state index in [-0.39, 0.29) is 0 Å². The van der Waals surface area contributed by atoms with Crippen molar-refractivity contribution in [3.63, 3.8) is 0 Å². The predicted octanol–water partition coefficient (Wildman–Crippen LogP) is 4.14. The molecule has 1 aromatic rings. The number of thioether (sulfide) groups is 1. The molecule has 0 aliphatic rings. The van der Waals surface area contributed by atoms with Crippen LogP contribution in [0.3, 0.4) is 0 Å². The lowest BCUT2D eigenvalue weighted by atomic mass is 10.1. The summed E-state index contributed by atoms with van der Waals surface area (Å²) in [7, 11) is 0. The van der Waals surface area contributed by atoms with Crippen molar-refractivity contribution in [2.75, 3.05) is 12.3 Å². The molecule has 18 heavy (non-hydrogen) atoms. The zero-order valence-corrected chi connectivity index (χ0v) is 12.1. The van der Waals surface area contributed by atoms with Crippen LogP contribution >= 0.6 is 11.8 Å². The molecule has 0 saturated carbocycles. The van der Waals surface area contributed by atoms with Crippen molar-refractivity contribution >= 4 is 11.8 Å². The number of rotatable bonds is 8. The first kappa shape index (κ1) is 15.1. The number of hydrogen-bond donors (Lipinski definition) is 1. The van der Waals surface area contributed by atoms with Gasteiger partial charge in [0.2, 0.25) is 0 Å². The molecule has 0 saturated heterocycles. The maximum Gasteiger partial charge on any atom is 0.0622 e. The molecule has 0 spiro atoms. The molecule has 1 rings (SSSR count). The van der Waals surface area contributed by atoms with Gasteiger partial charge in [0, 0.05) is 17.4 Å². The lowest BCUT2D eigenvalue weighted by Gasteiger charge is -2.14. The van der Waals surface area contributed by atoms with Crippen LogP contribution in [0.15, 0.2) is 29.2 Å². The molecule has 0 bridgehead atoms.